The first kappa shape index (κ1) is 27.3. The molecule has 2 aromatic heterocycles. The minimum absolute atomic E-state index is 0.00129. The van der Waals surface area contributed by atoms with Gasteiger partial charge in [-0.2, -0.15) is 0 Å². The summed E-state index contributed by atoms with van der Waals surface area (Å²) in [5, 5.41) is 0.344. The second-order valence-electron chi connectivity index (χ2n) is 9.76. The average Bonchev–Trinajstić information content (AvgIpc) is 3.30. The van der Waals surface area contributed by atoms with Crippen molar-refractivity contribution in [3.05, 3.63) is 77.1 Å². The molecule has 4 aromatic rings. The lowest BCUT2D eigenvalue weighted by Gasteiger charge is -2.39. The topological polar surface area (TPSA) is 108 Å². The highest BCUT2D eigenvalue weighted by Gasteiger charge is 2.45. The number of nitrogens with zero attached hydrogens (tertiary/aromatic N) is 3. The minimum atomic E-state index is -4.16. The van der Waals surface area contributed by atoms with Gasteiger partial charge in [-0.1, -0.05) is 18.2 Å². The number of methoxy groups -OCH3 is 2. The van der Waals surface area contributed by atoms with Gasteiger partial charge in [0, 0.05) is 29.8 Å². The molecular formula is C28H25F2N3O6S. The van der Waals surface area contributed by atoms with Gasteiger partial charge in [-0.15, -0.1) is 0 Å². The number of carbonyl (C=O) groups is 2. The number of hydrogen-bond acceptors (Lipinski definition) is 7. The van der Waals surface area contributed by atoms with Crippen molar-refractivity contribution in [2.24, 2.45) is 0 Å². The number of rotatable bonds is 7. The highest BCUT2D eigenvalue weighted by molar-refractivity contribution is 7.90. The molecule has 1 aliphatic rings. The van der Waals surface area contributed by atoms with E-state index < -0.39 is 38.7 Å². The van der Waals surface area contributed by atoms with Crippen molar-refractivity contribution < 1.29 is 36.3 Å². The Morgan fingerprint density at radius 1 is 1.05 bits per heavy atom. The van der Waals surface area contributed by atoms with Gasteiger partial charge in [0.2, 0.25) is 5.91 Å². The number of carbonyl (C=O) groups excluding carboxylic acids is 2. The first-order valence-corrected chi connectivity index (χ1v) is 13.6. The van der Waals surface area contributed by atoms with E-state index in [-0.39, 0.29) is 40.7 Å². The van der Waals surface area contributed by atoms with Gasteiger partial charge in [0.05, 0.1) is 31.1 Å². The molecule has 0 saturated carbocycles. The molecule has 0 unspecified atom stereocenters. The largest absolute Gasteiger partial charge is 0.493 e. The maximum atomic E-state index is 15.4. The van der Waals surface area contributed by atoms with E-state index in [0.717, 1.165) is 14.9 Å². The number of hydrogen-bond donors (Lipinski definition) is 0. The fraction of sp³-hybridized carbons (Fsp3) is 0.250. The molecule has 0 bridgehead atoms. The maximum Gasteiger partial charge on any atom is 0.269 e. The Kier molecular flexibility index (Phi) is 6.61. The molecule has 1 amide bonds. The van der Waals surface area contributed by atoms with Crippen LogP contribution in [0.15, 0.2) is 53.6 Å². The molecule has 5 rings (SSSR count). The standard InChI is InChI=1S/C28H25F2N3O6S/c1-28(2)22-16(15-32(27(28)35)25-23(29)20(38-3)13-21(39-4)24(25)30)14-31-26-19(22)12-17(10-11-34)33(26)40(36,37)18-8-6-5-7-9-18/h5-9,11-14H,10,15H2,1-4H3. The molecule has 0 atom stereocenters. The lowest BCUT2D eigenvalue weighted by Crippen LogP contribution is -2.48. The summed E-state index contributed by atoms with van der Waals surface area (Å²) in [6, 6.07) is 10.3. The highest BCUT2D eigenvalue weighted by Crippen LogP contribution is 2.45. The van der Waals surface area contributed by atoms with Crippen LogP contribution in [0.5, 0.6) is 11.5 Å². The van der Waals surface area contributed by atoms with Crippen LogP contribution in [0.4, 0.5) is 14.5 Å². The van der Waals surface area contributed by atoms with Crippen molar-refractivity contribution in [2.75, 3.05) is 19.1 Å². The molecule has 0 fully saturated rings. The average molecular weight is 570 g/mol. The van der Waals surface area contributed by atoms with Crippen LogP contribution >= 0.6 is 0 Å². The third-order valence-electron chi connectivity index (χ3n) is 7.07. The summed E-state index contributed by atoms with van der Waals surface area (Å²) in [6.07, 6.45) is 1.74. The van der Waals surface area contributed by atoms with E-state index in [2.05, 4.69) is 4.98 Å². The highest BCUT2D eigenvalue weighted by atomic mass is 32.2. The molecule has 0 saturated heterocycles. The lowest BCUT2D eigenvalue weighted by atomic mass is 9.76. The Balaban J connectivity index is 1.76. The van der Waals surface area contributed by atoms with E-state index in [1.54, 1.807) is 32.0 Å². The molecule has 0 aliphatic carbocycles. The second kappa shape index (κ2) is 9.70. The van der Waals surface area contributed by atoms with E-state index >= 15 is 8.78 Å². The van der Waals surface area contributed by atoms with Crippen molar-refractivity contribution >= 4 is 38.9 Å². The van der Waals surface area contributed by atoms with Crippen LogP contribution in [0.2, 0.25) is 0 Å². The van der Waals surface area contributed by atoms with E-state index in [1.807, 2.05) is 0 Å². The molecule has 1 aliphatic heterocycles. The summed E-state index contributed by atoms with van der Waals surface area (Å²) < 4.78 is 69.2. The van der Waals surface area contributed by atoms with Crippen molar-refractivity contribution in [1.29, 1.82) is 0 Å². The van der Waals surface area contributed by atoms with Gasteiger partial charge in [0.25, 0.3) is 10.0 Å². The number of halogens is 2. The normalized spacial score (nSPS) is 14.8. The van der Waals surface area contributed by atoms with Crippen LogP contribution in [-0.2, 0) is 38.0 Å². The third-order valence-corrected chi connectivity index (χ3v) is 8.82. The Labute approximate surface area is 229 Å². The summed E-state index contributed by atoms with van der Waals surface area (Å²) in [6.45, 7) is 2.90. The predicted octanol–water partition coefficient (Wildman–Crippen LogP) is 4.13. The van der Waals surface area contributed by atoms with Gasteiger partial charge in [-0.3, -0.25) is 4.79 Å². The fourth-order valence-corrected chi connectivity index (χ4v) is 6.77. The van der Waals surface area contributed by atoms with Crippen molar-refractivity contribution in [2.45, 2.75) is 37.1 Å². The van der Waals surface area contributed by atoms with Crippen LogP contribution in [0.25, 0.3) is 11.0 Å². The minimum Gasteiger partial charge on any atom is -0.493 e. The SMILES string of the molecule is COc1cc(OC)c(F)c(N2Cc3cnc4c(cc(CC=O)n4S(=O)(=O)c4ccccc4)c3C(C)(C)C2=O)c1F. The lowest BCUT2D eigenvalue weighted by molar-refractivity contribution is -0.123. The van der Waals surface area contributed by atoms with Gasteiger partial charge >= 0.3 is 0 Å². The number of aldehydes is 1. The Hall–Kier alpha value is -4.32. The van der Waals surface area contributed by atoms with Crippen LogP contribution in [-0.4, -0.2) is 43.8 Å². The molecule has 0 spiro atoms. The van der Waals surface area contributed by atoms with Gasteiger partial charge < -0.3 is 19.2 Å². The van der Waals surface area contributed by atoms with Crippen LogP contribution in [0.3, 0.4) is 0 Å². The summed E-state index contributed by atoms with van der Waals surface area (Å²) in [4.78, 5) is 30.8. The quantitative estimate of drug-likeness (QED) is 0.308. The summed E-state index contributed by atoms with van der Waals surface area (Å²) in [5.41, 5.74) is -0.922. The summed E-state index contributed by atoms with van der Waals surface area (Å²) in [5.74, 6) is -3.40. The number of fused-ring (bicyclic) bond motifs is 3. The fourth-order valence-electron chi connectivity index (χ4n) is 5.25. The van der Waals surface area contributed by atoms with Crippen molar-refractivity contribution in [3.8, 4) is 11.5 Å². The monoisotopic (exact) mass is 569 g/mol. The number of anilines is 1. The zero-order valence-electron chi connectivity index (χ0n) is 22.1. The maximum absolute atomic E-state index is 15.4. The first-order valence-electron chi connectivity index (χ1n) is 12.2. The summed E-state index contributed by atoms with van der Waals surface area (Å²) in [7, 11) is -1.74. The number of benzene rings is 2. The Bertz CT molecular complexity index is 1760. The van der Waals surface area contributed by atoms with Gasteiger partial charge in [-0.05, 0) is 43.2 Å². The van der Waals surface area contributed by atoms with Gasteiger partial charge in [0.1, 0.15) is 12.0 Å². The molecule has 9 nitrogen and oxygen atoms in total. The molecule has 0 N–H and O–H groups in total. The smallest absolute Gasteiger partial charge is 0.269 e. The molecule has 12 heteroatoms. The first-order chi connectivity index (χ1) is 19.0. The van der Waals surface area contributed by atoms with Crippen molar-refractivity contribution in [1.82, 2.24) is 8.96 Å². The van der Waals surface area contributed by atoms with E-state index in [9.17, 15) is 18.0 Å². The van der Waals surface area contributed by atoms with E-state index in [1.165, 1.54) is 38.6 Å². The van der Waals surface area contributed by atoms with Crippen LogP contribution in [0.1, 0.15) is 30.7 Å². The number of aromatic nitrogens is 2. The summed E-state index contributed by atoms with van der Waals surface area (Å²) >= 11 is 0. The molecule has 208 valence electrons. The number of ether oxygens (including phenoxy) is 2. The van der Waals surface area contributed by atoms with Crippen LogP contribution < -0.4 is 14.4 Å². The zero-order valence-corrected chi connectivity index (χ0v) is 22.9. The predicted molar refractivity (Wildman–Crippen MR) is 142 cm³/mol. The Morgan fingerprint density at radius 2 is 1.68 bits per heavy atom. The molecule has 2 aromatic carbocycles. The van der Waals surface area contributed by atoms with E-state index in [4.69, 9.17) is 9.47 Å². The van der Waals surface area contributed by atoms with E-state index in [0.29, 0.717) is 22.8 Å². The van der Waals surface area contributed by atoms with Gasteiger partial charge in [-0.25, -0.2) is 26.2 Å². The molecular weight excluding hydrogens is 544 g/mol. The van der Waals surface area contributed by atoms with Crippen molar-refractivity contribution in [3.63, 3.8) is 0 Å². The molecule has 3 heterocycles. The molecule has 40 heavy (non-hydrogen) atoms. The molecule has 0 radical (unpaired) electrons. The zero-order chi connectivity index (χ0) is 29.0. The number of pyridine rings is 1. The number of amides is 1. The van der Waals surface area contributed by atoms with Gasteiger partial charge in [0.15, 0.2) is 28.8 Å². The third kappa shape index (κ3) is 3.93. The Morgan fingerprint density at radius 3 is 2.25 bits per heavy atom. The van der Waals surface area contributed by atoms with Crippen LogP contribution in [0, 0.1) is 11.6 Å². The second-order valence-corrected chi connectivity index (χ2v) is 11.5.